The summed E-state index contributed by atoms with van der Waals surface area (Å²) in [6.45, 7) is 0.190. The lowest BCUT2D eigenvalue weighted by Crippen LogP contribution is -2.29. The molecule has 6 nitrogen and oxygen atoms in total. The number of aryl methyl sites for hydroxylation is 1. The Morgan fingerprint density at radius 3 is 2.79 bits per heavy atom. The van der Waals surface area contributed by atoms with Crippen LogP contribution < -0.4 is 10.6 Å². The van der Waals surface area contributed by atoms with Crippen molar-refractivity contribution >= 4 is 35.2 Å². The van der Waals surface area contributed by atoms with Crippen LogP contribution in [0.15, 0.2) is 53.4 Å². The second-order valence-electron chi connectivity index (χ2n) is 6.37. The summed E-state index contributed by atoms with van der Waals surface area (Å²) >= 11 is 1.56. The summed E-state index contributed by atoms with van der Waals surface area (Å²) in [7, 11) is 0. The second-order valence-corrected chi connectivity index (χ2v) is 7.51. The quantitative estimate of drug-likeness (QED) is 0.553. The monoisotopic (exact) mass is 398 g/mol. The molecule has 0 radical (unpaired) electrons. The predicted molar refractivity (Wildman–Crippen MR) is 108 cm³/mol. The van der Waals surface area contributed by atoms with E-state index in [-0.39, 0.29) is 18.4 Å². The third kappa shape index (κ3) is 5.85. The van der Waals surface area contributed by atoms with Crippen LogP contribution in [0.5, 0.6) is 0 Å². The molecule has 0 fully saturated rings. The van der Waals surface area contributed by atoms with E-state index in [1.807, 2.05) is 30.3 Å². The number of carbonyl (C=O) groups is 3. The van der Waals surface area contributed by atoms with Crippen LogP contribution >= 0.6 is 11.8 Å². The third-order valence-corrected chi connectivity index (χ3v) is 5.29. The van der Waals surface area contributed by atoms with Crippen molar-refractivity contribution in [2.24, 2.45) is 0 Å². The molecule has 2 aromatic carbocycles. The molecule has 2 amide bonds. The van der Waals surface area contributed by atoms with E-state index in [4.69, 9.17) is 4.74 Å². The van der Waals surface area contributed by atoms with Gasteiger partial charge in [-0.1, -0.05) is 30.3 Å². The van der Waals surface area contributed by atoms with Crippen LogP contribution in [-0.4, -0.2) is 36.7 Å². The standard InChI is InChI=1S/C21H22N2O4S/c24-19-10-12-28-18-9-8-16(13-17(18)23-19)21(26)27-14-20(25)22-11-4-7-15-5-2-1-3-6-15/h1-3,5-6,8-9,13H,4,7,10-12,14H2,(H,22,25)(H,23,24). The molecule has 146 valence electrons. The van der Waals surface area contributed by atoms with E-state index in [1.165, 1.54) is 5.56 Å². The van der Waals surface area contributed by atoms with Crippen molar-refractivity contribution < 1.29 is 19.1 Å². The number of ether oxygens (including phenoxy) is 1. The zero-order chi connectivity index (χ0) is 19.8. The van der Waals surface area contributed by atoms with Crippen molar-refractivity contribution in [1.82, 2.24) is 5.32 Å². The molecule has 2 aromatic rings. The number of hydrogen-bond acceptors (Lipinski definition) is 5. The smallest absolute Gasteiger partial charge is 0.338 e. The largest absolute Gasteiger partial charge is 0.452 e. The van der Waals surface area contributed by atoms with Crippen molar-refractivity contribution in [3.05, 3.63) is 59.7 Å². The van der Waals surface area contributed by atoms with Gasteiger partial charge in [0.05, 0.1) is 11.3 Å². The average Bonchev–Trinajstić information content (AvgIpc) is 2.90. The molecule has 3 rings (SSSR count). The summed E-state index contributed by atoms with van der Waals surface area (Å²) in [5, 5.41) is 5.53. The van der Waals surface area contributed by atoms with E-state index in [0.29, 0.717) is 30.0 Å². The Labute approximate surface area is 168 Å². The molecule has 0 saturated heterocycles. The number of nitrogens with one attached hydrogen (secondary N) is 2. The van der Waals surface area contributed by atoms with E-state index < -0.39 is 5.97 Å². The normalized spacial score (nSPS) is 13.1. The summed E-state index contributed by atoms with van der Waals surface area (Å²) in [5.41, 5.74) is 2.13. The van der Waals surface area contributed by atoms with E-state index in [1.54, 1.807) is 30.0 Å². The zero-order valence-electron chi connectivity index (χ0n) is 15.4. The molecule has 0 bridgehead atoms. The molecule has 7 heteroatoms. The highest BCUT2D eigenvalue weighted by Crippen LogP contribution is 2.31. The lowest BCUT2D eigenvalue weighted by atomic mass is 10.1. The Hall–Kier alpha value is -2.80. The molecule has 0 spiro atoms. The van der Waals surface area contributed by atoms with Crippen LogP contribution in [-0.2, 0) is 20.7 Å². The van der Waals surface area contributed by atoms with E-state index in [9.17, 15) is 14.4 Å². The molecule has 2 N–H and O–H groups in total. The Morgan fingerprint density at radius 2 is 1.96 bits per heavy atom. The van der Waals surface area contributed by atoms with Crippen molar-refractivity contribution in [2.75, 3.05) is 24.2 Å². The van der Waals surface area contributed by atoms with Crippen LogP contribution in [0.2, 0.25) is 0 Å². The minimum absolute atomic E-state index is 0.0772. The number of hydrogen-bond donors (Lipinski definition) is 2. The first-order valence-electron chi connectivity index (χ1n) is 9.16. The summed E-state index contributed by atoms with van der Waals surface area (Å²) in [4.78, 5) is 36.6. The highest BCUT2D eigenvalue weighted by molar-refractivity contribution is 7.99. The van der Waals surface area contributed by atoms with Crippen LogP contribution in [0.1, 0.15) is 28.8 Å². The van der Waals surface area contributed by atoms with E-state index in [0.717, 1.165) is 17.7 Å². The number of benzene rings is 2. The molecule has 28 heavy (non-hydrogen) atoms. The number of amides is 2. The zero-order valence-corrected chi connectivity index (χ0v) is 16.2. The molecule has 0 saturated carbocycles. The summed E-state index contributed by atoms with van der Waals surface area (Å²) in [6.07, 6.45) is 2.12. The Balaban J connectivity index is 1.42. The van der Waals surface area contributed by atoms with Gasteiger partial charge in [-0.3, -0.25) is 9.59 Å². The molecule has 0 atom stereocenters. The van der Waals surface area contributed by atoms with Gasteiger partial charge in [0.2, 0.25) is 5.91 Å². The maximum absolute atomic E-state index is 12.2. The minimum Gasteiger partial charge on any atom is -0.452 e. The summed E-state index contributed by atoms with van der Waals surface area (Å²) in [5.74, 6) is -0.301. The van der Waals surface area contributed by atoms with Gasteiger partial charge in [-0.25, -0.2) is 4.79 Å². The molecule has 1 aliphatic heterocycles. The molecule has 0 aromatic heterocycles. The number of carbonyl (C=O) groups excluding carboxylic acids is 3. The van der Waals surface area contributed by atoms with Crippen molar-refractivity contribution in [1.29, 1.82) is 0 Å². The van der Waals surface area contributed by atoms with E-state index >= 15 is 0 Å². The van der Waals surface area contributed by atoms with Crippen LogP contribution in [0.4, 0.5) is 5.69 Å². The average molecular weight is 398 g/mol. The van der Waals surface area contributed by atoms with Crippen molar-refractivity contribution in [2.45, 2.75) is 24.2 Å². The van der Waals surface area contributed by atoms with Crippen LogP contribution in [0.25, 0.3) is 0 Å². The minimum atomic E-state index is -0.592. The summed E-state index contributed by atoms with van der Waals surface area (Å²) in [6, 6.07) is 15.0. The first-order valence-corrected chi connectivity index (χ1v) is 10.1. The van der Waals surface area contributed by atoms with Gasteiger partial charge in [0, 0.05) is 23.6 Å². The molecular weight excluding hydrogens is 376 g/mol. The third-order valence-electron chi connectivity index (χ3n) is 4.22. The van der Waals surface area contributed by atoms with Gasteiger partial charge in [0.25, 0.3) is 5.91 Å². The number of thioether (sulfide) groups is 1. The van der Waals surface area contributed by atoms with Gasteiger partial charge in [0.1, 0.15) is 0 Å². The highest BCUT2D eigenvalue weighted by atomic mass is 32.2. The lowest BCUT2D eigenvalue weighted by molar-refractivity contribution is -0.124. The van der Waals surface area contributed by atoms with Crippen LogP contribution in [0.3, 0.4) is 0 Å². The maximum atomic E-state index is 12.2. The van der Waals surface area contributed by atoms with Gasteiger partial charge in [-0.05, 0) is 36.6 Å². The van der Waals surface area contributed by atoms with Crippen molar-refractivity contribution in [3.8, 4) is 0 Å². The topological polar surface area (TPSA) is 84.5 Å². The Kier molecular flexibility index (Phi) is 7.08. The lowest BCUT2D eigenvalue weighted by Gasteiger charge is -2.09. The van der Waals surface area contributed by atoms with Gasteiger partial charge in [-0.15, -0.1) is 11.8 Å². The number of anilines is 1. The van der Waals surface area contributed by atoms with Gasteiger partial charge in [-0.2, -0.15) is 0 Å². The first kappa shape index (κ1) is 19.9. The molecule has 0 aliphatic carbocycles. The predicted octanol–water partition coefficient (Wildman–Crippen LogP) is 3.03. The number of esters is 1. The fraction of sp³-hybridized carbons (Fsp3) is 0.286. The number of rotatable bonds is 7. The Morgan fingerprint density at radius 1 is 1.14 bits per heavy atom. The fourth-order valence-corrected chi connectivity index (χ4v) is 3.71. The first-order chi connectivity index (χ1) is 13.6. The van der Waals surface area contributed by atoms with Crippen LogP contribution in [0, 0.1) is 0 Å². The van der Waals surface area contributed by atoms with Gasteiger partial charge >= 0.3 is 5.97 Å². The maximum Gasteiger partial charge on any atom is 0.338 e. The summed E-state index contributed by atoms with van der Waals surface area (Å²) < 4.78 is 5.08. The Bertz CT molecular complexity index is 855. The van der Waals surface area contributed by atoms with Crippen molar-refractivity contribution in [3.63, 3.8) is 0 Å². The number of fused-ring (bicyclic) bond motifs is 1. The highest BCUT2D eigenvalue weighted by Gasteiger charge is 2.17. The molecule has 1 aliphatic rings. The second kappa shape index (κ2) is 9.94. The van der Waals surface area contributed by atoms with E-state index in [2.05, 4.69) is 10.6 Å². The molecule has 0 unspecified atom stereocenters. The fourth-order valence-electron chi connectivity index (χ4n) is 2.78. The molecular formula is C21H22N2O4S. The molecule has 1 heterocycles. The van der Waals surface area contributed by atoms with Gasteiger partial charge < -0.3 is 15.4 Å². The van der Waals surface area contributed by atoms with Gasteiger partial charge in [0.15, 0.2) is 6.61 Å². The SMILES string of the molecule is O=C(COC(=O)c1ccc2c(c1)NC(=O)CCS2)NCCCc1ccccc1.